The number of esters is 1. The SMILES string of the molecule is C[Si](C)(C)CCOC(=O)N[C@@H](CCC(=O)OCc1ccccc1)C(=O)O. The normalized spacial score (nSPS) is 12.1. The number of carboxylic acid groups (broad SMARTS) is 1. The van der Waals surface area contributed by atoms with Crippen LogP contribution in [0.2, 0.25) is 25.7 Å². The Hall–Kier alpha value is -2.35. The zero-order valence-corrected chi connectivity index (χ0v) is 16.5. The van der Waals surface area contributed by atoms with Crippen LogP contribution in [0.25, 0.3) is 0 Å². The molecule has 0 saturated carbocycles. The van der Waals surface area contributed by atoms with E-state index in [-0.39, 0.29) is 26.1 Å². The van der Waals surface area contributed by atoms with Crippen LogP contribution in [0.5, 0.6) is 0 Å². The molecule has 0 spiro atoms. The molecular weight excluding hydrogens is 354 g/mol. The second kappa shape index (κ2) is 10.6. The molecule has 0 aliphatic heterocycles. The van der Waals surface area contributed by atoms with Crippen LogP contribution in [0.3, 0.4) is 0 Å². The fourth-order valence-electron chi connectivity index (χ4n) is 1.96. The lowest BCUT2D eigenvalue weighted by Gasteiger charge is -2.17. The molecule has 1 atom stereocenters. The minimum absolute atomic E-state index is 0.0634. The number of amides is 1. The van der Waals surface area contributed by atoms with E-state index in [0.717, 1.165) is 11.6 Å². The van der Waals surface area contributed by atoms with Crippen LogP contribution < -0.4 is 5.32 Å². The molecular formula is C18H27NO6Si. The molecule has 1 aromatic rings. The second-order valence-corrected chi connectivity index (χ2v) is 12.8. The summed E-state index contributed by atoms with van der Waals surface area (Å²) < 4.78 is 10.1. The lowest BCUT2D eigenvalue weighted by Crippen LogP contribution is -2.41. The van der Waals surface area contributed by atoms with Gasteiger partial charge in [0.15, 0.2) is 0 Å². The number of hydrogen-bond acceptors (Lipinski definition) is 5. The van der Waals surface area contributed by atoms with Gasteiger partial charge in [-0.1, -0.05) is 50.0 Å². The number of benzene rings is 1. The zero-order chi connectivity index (χ0) is 19.6. The van der Waals surface area contributed by atoms with Gasteiger partial charge in [0.25, 0.3) is 0 Å². The number of carbonyl (C=O) groups excluding carboxylic acids is 2. The van der Waals surface area contributed by atoms with E-state index in [0.29, 0.717) is 0 Å². The van der Waals surface area contributed by atoms with Crippen molar-refractivity contribution in [2.24, 2.45) is 0 Å². The summed E-state index contributed by atoms with van der Waals surface area (Å²) in [5.41, 5.74) is 0.847. The van der Waals surface area contributed by atoms with Crippen molar-refractivity contribution in [1.29, 1.82) is 0 Å². The van der Waals surface area contributed by atoms with Crippen LogP contribution >= 0.6 is 0 Å². The summed E-state index contributed by atoms with van der Waals surface area (Å²) in [7, 11) is -1.34. The van der Waals surface area contributed by atoms with E-state index in [4.69, 9.17) is 9.47 Å². The van der Waals surface area contributed by atoms with Crippen molar-refractivity contribution in [2.75, 3.05) is 6.61 Å². The minimum atomic E-state index is -1.34. The largest absolute Gasteiger partial charge is 0.480 e. The molecule has 0 aliphatic carbocycles. The van der Waals surface area contributed by atoms with E-state index in [9.17, 15) is 19.5 Å². The predicted octanol–water partition coefficient (Wildman–Crippen LogP) is 3.03. The van der Waals surface area contributed by atoms with Crippen molar-refractivity contribution in [3.05, 3.63) is 35.9 Å². The van der Waals surface area contributed by atoms with Gasteiger partial charge in [0, 0.05) is 14.5 Å². The fraction of sp³-hybridized carbons (Fsp3) is 0.500. The smallest absolute Gasteiger partial charge is 0.407 e. The number of hydrogen-bond donors (Lipinski definition) is 2. The van der Waals surface area contributed by atoms with Gasteiger partial charge in [-0.05, 0) is 18.0 Å². The monoisotopic (exact) mass is 381 g/mol. The Morgan fingerprint density at radius 1 is 1.12 bits per heavy atom. The number of aliphatic carboxylic acids is 1. The van der Waals surface area contributed by atoms with Crippen LogP contribution in [-0.2, 0) is 25.7 Å². The third-order valence-corrected chi connectivity index (χ3v) is 5.26. The van der Waals surface area contributed by atoms with Crippen molar-refractivity contribution in [3.63, 3.8) is 0 Å². The van der Waals surface area contributed by atoms with Gasteiger partial charge in [0.1, 0.15) is 12.6 Å². The molecule has 0 unspecified atom stereocenters. The summed E-state index contributed by atoms with van der Waals surface area (Å²) in [4.78, 5) is 34.7. The summed E-state index contributed by atoms with van der Waals surface area (Å²) in [6.07, 6.45) is -0.960. The first-order valence-corrected chi connectivity index (χ1v) is 12.2. The Morgan fingerprint density at radius 3 is 2.35 bits per heavy atom. The average molecular weight is 382 g/mol. The highest BCUT2D eigenvalue weighted by atomic mass is 28.3. The summed E-state index contributed by atoms with van der Waals surface area (Å²) in [6, 6.07) is 8.78. The highest BCUT2D eigenvalue weighted by Crippen LogP contribution is 2.08. The molecule has 0 radical (unpaired) electrons. The van der Waals surface area contributed by atoms with Crippen molar-refractivity contribution >= 4 is 26.1 Å². The van der Waals surface area contributed by atoms with Gasteiger partial charge in [-0.25, -0.2) is 9.59 Å². The molecule has 1 amide bonds. The van der Waals surface area contributed by atoms with Crippen molar-refractivity contribution < 1.29 is 29.0 Å². The van der Waals surface area contributed by atoms with Crippen LogP contribution in [0.1, 0.15) is 18.4 Å². The first kappa shape index (κ1) is 21.7. The van der Waals surface area contributed by atoms with Gasteiger partial charge in [-0.15, -0.1) is 0 Å². The molecule has 7 nitrogen and oxygen atoms in total. The molecule has 0 fully saturated rings. The van der Waals surface area contributed by atoms with E-state index in [1.807, 2.05) is 30.3 Å². The number of ether oxygens (including phenoxy) is 2. The summed E-state index contributed by atoms with van der Waals surface area (Å²) in [5.74, 6) is -1.74. The maximum atomic E-state index is 11.8. The molecule has 26 heavy (non-hydrogen) atoms. The molecule has 0 bridgehead atoms. The van der Waals surface area contributed by atoms with Crippen LogP contribution in [0, 0.1) is 0 Å². The van der Waals surface area contributed by atoms with Crippen molar-refractivity contribution in [1.82, 2.24) is 5.32 Å². The van der Waals surface area contributed by atoms with Crippen LogP contribution in [-0.4, -0.2) is 43.9 Å². The molecule has 0 aromatic heterocycles. The highest BCUT2D eigenvalue weighted by Gasteiger charge is 2.22. The van der Waals surface area contributed by atoms with Crippen LogP contribution in [0.15, 0.2) is 30.3 Å². The fourth-order valence-corrected chi connectivity index (χ4v) is 2.68. The lowest BCUT2D eigenvalue weighted by molar-refractivity contribution is -0.145. The molecule has 1 aromatic carbocycles. The minimum Gasteiger partial charge on any atom is -0.480 e. The highest BCUT2D eigenvalue weighted by molar-refractivity contribution is 6.76. The van der Waals surface area contributed by atoms with E-state index in [1.54, 1.807) is 0 Å². The molecule has 2 N–H and O–H groups in total. The van der Waals surface area contributed by atoms with E-state index in [1.165, 1.54) is 0 Å². The number of carboxylic acids is 1. The second-order valence-electron chi connectivity index (χ2n) is 7.17. The molecule has 144 valence electrons. The zero-order valence-electron chi connectivity index (χ0n) is 15.5. The Morgan fingerprint density at radius 2 is 1.77 bits per heavy atom. The predicted molar refractivity (Wildman–Crippen MR) is 99.5 cm³/mol. The van der Waals surface area contributed by atoms with Crippen molar-refractivity contribution in [3.8, 4) is 0 Å². The average Bonchev–Trinajstić information content (AvgIpc) is 2.56. The van der Waals surface area contributed by atoms with E-state index in [2.05, 4.69) is 25.0 Å². The van der Waals surface area contributed by atoms with Gasteiger partial charge in [0.2, 0.25) is 0 Å². The lowest BCUT2D eigenvalue weighted by atomic mass is 10.1. The summed E-state index contributed by atoms with van der Waals surface area (Å²) in [5, 5.41) is 11.5. The number of alkyl carbamates (subject to hydrolysis) is 1. The topological polar surface area (TPSA) is 102 Å². The Balaban J connectivity index is 2.34. The number of nitrogens with one attached hydrogen (secondary N) is 1. The van der Waals surface area contributed by atoms with Gasteiger partial charge >= 0.3 is 18.0 Å². The Labute approximate surface area is 154 Å². The maximum Gasteiger partial charge on any atom is 0.407 e. The van der Waals surface area contributed by atoms with Gasteiger partial charge in [-0.2, -0.15) is 0 Å². The molecule has 0 aliphatic rings. The molecule has 0 heterocycles. The maximum absolute atomic E-state index is 11.8. The molecule has 1 rings (SSSR count). The summed E-state index contributed by atoms with van der Waals surface area (Å²) >= 11 is 0. The first-order valence-electron chi connectivity index (χ1n) is 8.53. The summed E-state index contributed by atoms with van der Waals surface area (Å²) in [6.45, 7) is 6.83. The van der Waals surface area contributed by atoms with Gasteiger partial charge in [-0.3, -0.25) is 4.79 Å². The third kappa shape index (κ3) is 9.82. The van der Waals surface area contributed by atoms with Gasteiger partial charge in [0.05, 0.1) is 6.61 Å². The van der Waals surface area contributed by atoms with Crippen LogP contribution in [0.4, 0.5) is 4.79 Å². The van der Waals surface area contributed by atoms with Crippen molar-refractivity contribution in [2.45, 2.75) is 51.2 Å². The Kier molecular flexibility index (Phi) is 8.84. The standard InChI is InChI=1S/C18H27NO6Si/c1-26(2,3)12-11-24-18(23)19-15(17(21)22)9-10-16(20)25-13-14-7-5-4-6-8-14/h4-8,15H,9-13H2,1-3H3,(H,19,23)(H,21,22)/t15-/m0/s1. The van der Waals surface area contributed by atoms with Gasteiger partial charge < -0.3 is 19.9 Å². The Bertz CT molecular complexity index is 599. The number of rotatable bonds is 10. The molecule has 8 heteroatoms. The van der Waals surface area contributed by atoms with E-state index >= 15 is 0 Å². The molecule has 0 saturated heterocycles. The quantitative estimate of drug-likeness (QED) is 0.477. The number of carbonyl (C=O) groups is 3. The first-order chi connectivity index (χ1) is 12.2. The third-order valence-electron chi connectivity index (χ3n) is 3.56. The van der Waals surface area contributed by atoms with E-state index < -0.39 is 32.1 Å².